The van der Waals surface area contributed by atoms with Crippen LogP contribution < -0.4 is 10.6 Å². The standard InChI is InChI=1S/C21H22ClN3O3/c1-14(18(26)23-17-10-6-9-16(22)13-17)25-19(27)21(2,24-20(25)28)12-11-15-7-4-3-5-8-15/h3-10,13-14H,11-12H2,1-2H3,(H,23,26)(H,24,28)/t14-,21+/m1/s1. The highest BCUT2D eigenvalue weighted by Crippen LogP contribution is 2.25. The van der Waals surface area contributed by atoms with Gasteiger partial charge in [-0.15, -0.1) is 0 Å². The molecule has 1 fully saturated rings. The van der Waals surface area contributed by atoms with Crippen LogP contribution in [-0.4, -0.2) is 34.3 Å². The van der Waals surface area contributed by atoms with Crippen LogP contribution >= 0.6 is 11.6 Å². The number of nitrogens with zero attached hydrogens (tertiary/aromatic N) is 1. The van der Waals surface area contributed by atoms with Crippen molar-refractivity contribution in [1.29, 1.82) is 0 Å². The van der Waals surface area contributed by atoms with Crippen molar-refractivity contribution < 1.29 is 14.4 Å². The van der Waals surface area contributed by atoms with Crippen LogP contribution in [0.3, 0.4) is 0 Å². The fourth-order valence-corrected chi connectivity index (χ4v) is 3.39. The zero-order valence-electron chi connectivity index (χ0n) is 15.7. The Morgan fingerprint density at radius 3 is 2.57 bits per heavy atom. The first kappa shape index (κ1) is 19.9. The van der Waals surface area contributed by atoms with E-state index in [9.17, 15) is 14.4 Å². The zero-order valence-corrected chi connectivity index (χ0v) is 16.5. The minimum atomic E-state index is -1.04. The van der Waals surface area contributed by atoms with Crippen LogP contribution in [0.4, 0.5) is 10.5 Å². The van der Waals surface area contributed by atoms with E-state index in [0.29, 0.717) is 23.6 Å². The second-order valence-corrected chi connectivity index (χ2v) is 7.54. The molecule has 0 radical (unpaired) electrons. The number of hydrogen-bond donors (Lipinski definition) is 2. The van der Waals surface area contributed by atoms with Gasteiger partial charge in [0.2, 0.25) is 5.91 Å². The topological polar surface area (TPSA) is 78.5 Å². The van der Waals surface area contributed by atoms with Gasteiger partial charge in [0.05, 0.1) is 0 Å². The van der Waals surface area contributed by atoms with Crippen LogP contribution in [0, 0.1) is 0 Å². The third-order valence-electron chi connectivity index (χ3n) is 4.91. The Hall–Kier alpha value is -2.86. The highest BCUT2D eigenvalue weighted by atomic mass is 35.5. The molecule has 2 N–H and O–H groups in total. The number of hydrogen-bond acceptors (Lipinski definition) is 3. The second-order valence-electron chi connectivity index (χ2n) is 7.10. The number of anilines is 1. The number of rotatable bonds is 6. The fourth-order valence-electron chi connectivity index (χ4n) is 3.20. The molecule has 7 heteroatoms. The van der Waals surface area contributed by atoms with Crippen LogP contribution in [0.1, 0.15) is 25.8 Å². The number of imide groups is 1. The Labute approximate surface area is 168 Å². The average Bonchev–Trinajstić information content (AvgIpc) is 2.89. The maximum atomic E-state index is 13.0. The molecule has 1 heterocycles. The summed E-state index contributed by atoms with van der Waals surface area (Å²) in [4.78, 5) is 39.0. The summed E-state index contributed by atoms with van der Waals surface area (Å²) in [6.45, 7) is 3.22. The van der Waals surface area contributed by atoms with Gasteiger partial charge in [0.15, 0.2) is 0 Å². The van der Waals surface area contributed by atoms with Gasteiger partial charge < -0.3 is 10.6 Å². The van der Waals surface area contributed by atoms with E-state index in [1.807, 2.05) is 30.3 Å². The van der Waals surface area contributed by atoms with Crippen molar-refractivity contribution in [2.24, 2.45) is 0 Å². The molecule has 0 aromatic heterocycles. The Balaban J connectivity index is 1.68. The zero-order chi connectivity index (χ0) is 20.3. The normalized spacial score (nSPS) is 20.0. The van der Waals surface area contributed by atoms with Crippen molar-refractivity contribution in [2.45, 2.75) is 38.3 Å². The van der Waals surface area contributed by atoms with Gasteiger partial charge in [-0.3, -0.25) is 9.59 Å². The quantitative estimate of drug-likeness (QED) is 0.728. The lowest BCUT2D eigenvalue weighted by Crippen LogP contribution is -2.48. The highest BCUT2D eigenvalue weighted by Gasteiger charge is 2.50. The van der Waals surface area contributed by atoms with E-state index in [-0.39, 0.29) is 0 Å². The lowest BCUT2D eigenvalue weighted by atomic mass is 9.93. The van der Waals surface area contributed by atoms with E-state index < -0.39 is 29.4 Å². The molecule has 0 unspecified atom stereocenters. The minimum Gasteiger partial charge on any atom is -0.324 e. The van der Waals surface area contributed by atoms with Crippen LogP contribution in [0.5, 0.6) is 0 Å². The molecular weight excluding hydrogens is 378 g/mol. The number of nitrogens with one attached hydrogen (secondary N) is 2. The summed E-state index contributed by atoms with van der Waals surface area (Å²) in [5.41, 5.74) is 0.538. The van der Waals surface area contributed by atoms with Crippen LogP contribution in [0.15, 0.2) is 54.6 Å². The van der Waals surface area contributed by atoms with Crippen molar-refractivity contribution in [3.05, 3.63) is 65.2 Å². The summed E-state index contributed by atoms with van der Waals surface area (Å²) < 4.78 is 0. The first-order valence-corrected chi connectivity index (χ1v) is 9.44. The average molecular weight is 400 g/mol. The maximum Gasteiger partial charge on any atom is 0.325 e. The van der Waals surface area contributed by atoms with E-state index in [4.69, 9.17) is 11.6 Å². The molecule has 1 aliphatic rings. The summed E-state index contributed by atoms with van der Waals surface area (Å²) in [5.74, 6) is -0.861. The molecule has 2 atom stereocenters. The number of amides is 4. The largest absolute Gasteiger partial charge is 0.325 e. The number of carbonyl (C=O) groups excluding carboxylic acids is 3. The van der Waals surface area contributed by atoms with Crippen molar-refractivity contribution in [1.82, 2.24) is 10.2 Å². The van der Waals surface area contributed by atoms with Gasteiger partial charge in [-0.25, -0.2) is 9.69 Å². The van der Waals surface area contributed by atoms with E-state index in [2.05, 4.69) is 10.6 Å². The van der Waals surface area contributed by atoms with Gasteiger partial charge in [0, 0.05) is 10.7 Å². The number of aryl methyl sites for hydroxylation is 1. The van der Waals surface area contributed by atoms with Gasteiger partial charge in [-0.2, -0.15) is 0 Å². The predicted molar refractivity (Wildman–Crippen MR) is 108 cm³/mol. The molecule has 0 bridgehead atoms. The van der Waals surface area contributed by atoms with Gasteiger partial charge in [0.25, 0.3) is 5.91 Å². The molecule has 146 valence electrons. The van der Waals surface area contributed by atoms with Crippen molar-refractivity contribution in [3.63, 3.8) is 0 Å². The summed E-state index contributed by atoms with van der Waals surface area (Å²) in [6, 6.07) is 14.9. The third-order valence-corrected chi connectivity index (χ3v) is 5.14. The van der Waals surface area contributed by atoms with Crippen LogP contribution in [0.2, 0.25) is 5.02 Å². The predicted octanol–water partition coefficient (Wildman–Crippen LogP) is 3.61. The third kappa shape index (κ3) is 4.17. The Bertz CT molecular complexity index is 903. The van der Waals surface area contributed by atoms with Crippen LogP contribution in [0.25, 0.3) is 0 Å². The molecule has 0 saturated carbocycles. The molecule has 2 aromatic rings. The second kappa shape index (κ2) is 8.02. The fraction of sp³-hybridized carbons (Fsp3) is 0.286. The first-order valence-electron chi connectivity index (χ1n) is 9.06. The monoisotopic (exact) mass is 399 g/mol. The number of halogens is 1. The Morgan fingerprint density at radius 1 is 1.18 bits per heavy atom. The Morgan fingerprint density at radius 2 is 1.89 bits per heavy atom. The molecule has 1 saturated heterocycles. The van der Waals surface area contributed by atoms with Crippen molar-refractivity contribution in [3.8, 4) is 0 Å². The van der Waals surface area contributed by atoms with Gasteiger partial charge >= 0.3 is 6.03 Å². The summed E-state index contributed by atoms with van der Waals surface area (Å²) in [5, 5.41) is 5.91. The van der Waals surface area contributed by atoms with Crippen molar-refractivity contribution in [2.75, 3.05) is 5.32 Å². The van der Waals surface area contributed by atoms with Gasteiger partial charge in [-0.1, -0.05) is 48.0 Å². The lowest BCUT2D eigenvalue weighted by molar-refractivity contribution is -0.136. The molecule has 6 nitrogen and oxygen atoms in total. The van der Waals surface area contributed by atoms with Crippen LogP contribution in [-0.2, 0) is 16.0 Å². The summed E-state index contributed by atoms with van der Waals surface area (Å²) in [7, 11) is 0. The van der Waals surface area contributed by atoms with Gasteiger partial charge in [-0.05, 0) is 50.5 Å². The molecule has 0 spiro atoms. The van der Waals surface area contributed by atoms with E-state index in [1.165, 1.54) is 6.92 Å². The van der Waals surface area contributed by atoms with Crippen molar-refractivity contribution >= 4 is 35.1 Å². The van der Waals surface area contributed by atoms with E-state index in [1.54, 1.807) is 31.2 Å². The lowest BCUT2D eigenvalue weighted by Gasteiger charge is -2.24. The summed E-state index contributed by atoms with van der Waals surface area (Å²) in [6.07, 6.45) is 1.08. The molecule has 3 rings (SSSR count). The molecule has 0 aliphatic carbocycles. The maximum absolute atomic E-state index is 13.0. The van der Waals surface area contributed by atoms with E-state index >= 15 is 0 Å². The minimum absolute atomic E-state index is 0.401. The molecular formula is C21H22ClN3O3. The molecule has 28 heavy (non-hydrogen) atoms. The Kier molecular flexibility index (Phi) is 5.70. The molecule has 2 aromatic carbocycles. The number of urea groups is 1. The van der Waals surface area contributed by atoms with E-state index in [0.717, 1.165) is 10.5 Å². The number of carbonyl (C=O) groups is 3. The molecule has 4 amide bonds. The first-order chi connectivity index (χ1) is 13.3. The number of benzene rings is 2. The smallest absolute Gasteiger partial charge is 0.324 e. The SMILES string of the molecule is C[C@H](C(=O)Nc1cccc(Cl)c1)N1C(=O)N[C@@](C)(CCc2ccccc2)C1=O. The highest BCUT2D eigenvalue weighted by molar-refractivity contribution is 6.30. The van der Waals surface area contributed by atoms with Gasteiger partial charge in [0.1, 0.15) is 11.6 Å². The molecule has 1 aliphatic heterocycles. The summed E-state index contributed by atoms with van der Waals surface area (Å²) >= 11 is 5.92.